The molecule has 4 nitrogen and oxygen atoms in total. The second-order valence-electron chi connectivity index (χ2n) is 5.06. The van der Waals surface area contributed by atoms with Crippen LogP contribution in [0.25, 0.3) is 10.8 Å². The zero-order valence-electron chi connectivity index (χ0n) is 10.7. The Labute approximate surface area is 124 Å². The zero-order chi connectivity index (χ0) is 14.2. The van der Waals surface area contributed by atoms with Crippen molar-refractivity contribution in [2.45, 2.75) is 12.0 Å². The maximum Gasteiger partial charge on any atom is 0.307 e. The number of hydrogen-bond donors (Lipinski definition) is 2. The standard InChI is InChI=1S/C15H14BrNO3/c16-14-11-4-2-1-3-10(11)5-6-12(14)20-15(7-13(18)19)8-17-9-15/h1-6,17H,7-9H2,(H,18,19). The number of rotatable bonds is 4. The van der Waals surface area contributed by atoms with Crippen LogP contribution in [0.2, 0.25) is 0 Å². The lowest BCUT2D eigenvalue weighted by atomic mass is 9.92. The summed E-state index contributed by atoms with van der Waals surface area (Å²) in [5.74, 6) is -0.158. The van der Waals surface area contributed by atoms with Gasteiger partial charge >= 0.3 is 5.97 Å². The molecule has 3 rings (SSSR count). The van der Waals surface area contributed by atoms with Gasteiger partial charge in [-0.15, -0.1) is 0 Å². The van der Waals surface area contributed by atoms with Crippen LogP contribution in [0.1, 0.15) is 6.42 Å². The molecule has 0 aliphatic carbocycles. The van der Waals surface area contributed by atoms with Gasteiger partial charge in [0.25, 0.3) is 0 Å². The molecular weight excluding hydrogens is 322 g/mol. The zero-order valence-corrected chi connectivity index (χ0v) is 12.3. The number of carboxylic acid groups (broad SMARTS) is 1. The Balaban J connectivity index is 1.94. The number of aliphatic carboxylic acids is 1. The highest BCUT2D eigenvalue weighted by atomic mass is 79.9. The summed E-state index contributed by atoms with van der Waals surface area (Å²) in [4.78, 5) is 11.0. The van der Waals surface area contributed by atoms with E-state index in [2.05, 4.69) is 21.2 Å². The van der Waals surface area contributed by atoms with E-state index in [4.69, 9.17) is 9.84 Å². The number of halogens is 1. The molecule has 104 valence electrons. The van der Waals surface area contributed by atoms with Crippen molar-refractivity contribution in [2.75, 3.05) is 13.1 Å². The lowest BCUT2D eigenvalue weighted by molar-refractivity contribution is -0.143. The molecule has 0 amide bonds. The molecule has 0 radical (unpaired) electrons. The van der Waals surface area contributed by atoms with Gasteiger partial charge in [-0.25, -0.2) is 0 Å². The third-order valence-corrected chi connectivity index (χ3v) is 4.34. The molecule has 2 N–H and O–H groups in total. The predicted molar refractivity (Wildman–Crippen MR) is 80.1 cm³/mol. The minimum Gasteiger partial charge on any atom is -0.483 e. The third kappa shape index (κ3) is 2.39. The topological polar surface area (TPSA) is 58.6 Å². The lowest BCUT2D eigenvalue weighted by Gasteiger charge is -2.41. The van der Waals surface area contributed by atoms with Crippen LogP contribution in [0, 0.1) is 0 Å². The van der Waals surface area contributed by atoms with Crippen LogP contribution in [0.15, 0.2) is 40.9 Å². The Kier molecular flexibility index (Phi) is 3.40. The van der Waals surface area contributed by atoms with Crippen molar-refractivity contribution in [3.63, 3.8) is 0 Å². The number of ether oxygens (including phenoxy) is 1. The van der Waals surface area contributed by atoms with Crippen LogP contribution in [-0.4, -0.2) is 29.8 Å². The van der Waals surface area contributed by atoms with Crippen molar-refractivity contribution < 1.29 is 14.6 Å². The molecule has 1 aliphatic heterocycles. The first-order valence-electron chi connectivity index (χ1n) is 6.38. The predicted octanol–water partition coefficient (Wildman–Crippen LogP) is 2.80. The minimum atomic E-state index is -0.844. The van der Waals surface area contributed by atoms with Gasteiger partial charge in [-0.3, -0.25) is 4.79 Å². The van der Waals surface area contributed by atoms with E-state index in [1.165, 1.54) is 0 Å². The summed E-state index contributed by atoms with van der Waals surface area (Å²) in [5.41, 5.74) is -0.642. The first-order valence-corrected chi connectivity index (χ1v) is 7.18. The molecule has 5 heteroatoms. The van der Waals surface area contributed by atoms with Gasteiger partial charge in [-0.1, -0.05) is 30.3 Å². The second-order valence-corrected chi connectivity index (χ2v) is 5.85. The van der Waals surface area contributed by atoms with E-state index >= 15 is 0 Å². The molecule has 0 bridgehead atoms. The van der Waals surface area contributed by atoms with Crippen molar-refractivity contribution >= 4 is 32.7 Å². The van der Waals surface area contributed by atoms with Gasteiger partial charge in [-0.2, -0.15) is 0 Å². The molecule has 2 aromatic carbocycles. The van der Waals surface area contributed by atoms with E-state index in [0.717, 1.165) is 15.2 Å². The summed E-state index contributed by atoms with van der Waals surface area (Å²) >= 11 is 3.56. The van der Waals surface area contributed by atoms with Gasteiger partial charge in [0.05, 0.1) is 10.9 Å². The quantitative estimate of drug-likeness (QED) is 0.901. The van der Waals surface area contributed by atoms with E-state index in [9.17, 15) is 4.79 Å². The molecule has 1 fully saturated rings. The molecule has 20 heavy (non-hydrogen) atoms. The van der Waals surface area contributed by atoms with Crippen LogP contribution in [-0.2, 0) is 4.79 Å². The molecule has 0 saturated carbocycles. The summed E-state index contributed by atoms with van der Waals surface area (Å²) in [5, 5.41) is 14.3. The van der Waals surface area contributed by atoms with Crippen LogP contribution in [0.3, 0.4) is 0 Å². The van der Waals surface area contributed by atoms with Crippen molar-refractivity contribution in [1.82, 2.24) is 5.32 Å². The van der Waals surface area contributed by atoms with Crippen molar-refractivity contribution in [3.8, 4) is 5.75 Å². The monoisotopic (exact) mass is 335 g/mol. The number of hydrogen-bond acceptors (Lipinski definition) is 3. The summed E-state index contributed by atoms with van der Waals surface area (Å²) < 4.78 is 6.87. The normalized spacial score (nSPS) is 16.6. The molecule has 2 aromatic rings. The fraction of sp³-hybridized carbons (Fsp3) is 0.267. The highest BCUT2D eigenvalue weighted by Crippen LogP contribution is 2.36. The summed E-state index contributed by atoms with van der Waals surface area (Å²) in [6, 6.07) is 11.9. The second kappa shape index (κ2) is 5.07. The molecular formula is C15H14BrNO3. The summed E-state index contributed by atoms with van der Waals surface area (Å²) in [7, 11) is 0. The first-order chi connectivity index (χ1) is 9.60. The fourth-order valence-corrected chi connectivity index (χ4v) is 3.01. The Morgan fingerprint density at radius 1 is 1.30 bits per heavy atom. The Bertz CT molecular complexity index is 667. The molecule has 1 aliphatic rings. The molecule has 0 atom stereocenters. The van der Waals surface area contributed by atoms with Gasteiger partial charge in [-0.05, 0) is 32.8 Å². The van der Waals surface area contributed by atoms with Gasteiger partial charge in [0.15, 0.2) is 0 Å². The molecule has 0 spiro atoms. The molecule has 0 aromatic heterocycles. The highest BCUT2D eigenvalue weighted by molar-refractivity contribution is 9.10. The molecule has 1 saturated heterocycles. The van der Waals surface area contributed by atoms with Crippen molar-refractivity contribution in [3.05, 3.63) is 40.9 Å². The summed E-state index contributed by atoms with van der Waals surface area (Å²) in [6.07, 6.45) is -0.000727. The lowest BCUT2D eigenvalue weighted by Crippen LogP contribution is -2.64. The van der Waals surface area contributed by atoms with Crippen LogP contribution >= 0.6 is 15.9 Å². The fourth-order valence-electron chi connectivity index (χ4n) is 2.44. The SMILES string of the molecule is O=C(O)CC1(Oc2ccc3ccccc3c2Br)CNC1. The van der Waals surface area contributed by atoms with E-state index in [1.807, 2.05) is 36.4 Å². The van der Waals surface area contributed by atoms with Crippen LogP contribution in [0.4, 0.5) is 0 Å². The number of benzene rings is 2. The molecule has 1 heterocycles. The average molecular weight is 336 g/mol. The average Bonchev–Trinajstić information content (AvgIpc) is 2.39. The highest BCUT2D eigenvalue weighted by Gasteiger charge is 2.42. The van der Waals surface area contributed by atoms with Crippen LogP contribution in [0.5, 0.6) is 5.75 Å². The number of carboxylic acids is 1. The molecule has 0 unspecified atom stereocenters. The minimum absolute atomic E-state index is 0.000727. The summed E-state index contributed by atoms with van der Waals surface area (Å²) in [6.45, 7) is 1.11. The van der Waals surface area contributed by atoms with E-state index in [1.54, 1.807) is 0 Å². The maximum atomic E-state index is 11.0. The van der Waals surface area contributed by atoms with Gasteiger partial charge < -0.3 is 15.2 Å². The van der Waals surface area contributed by atoms with Gasteiger partial charge in [0.1, 0.15) is 11.4 Å². The maximum absolute atomic E-state index is 11.0. The Morgan fingerprint density at radius 2 is 2.05 bits per heavy atom. The Morgan fingerprint density at radius 3 is 2.70 bits per heavy atom. The van der Waals surface area contributed by atoms with Crippen LogP contribution < -0.4 is 10.1 Å². The van der Waals surface area contributed by atoms with E-state index in [-0.39, 0.29) is 6.42 Å². The van der Waals surface area contributed by atoms with Crippen molar-refractivity contribution in [1.29, 1.82) is 0 Å². The van der Waals surface area contributed by atoms with E-state index in [0.29, 0.717) is 18.8 Å². The number of carbonyl (C=O) groups is 1. The number of nitrogens with one attached hydrogen (secondary N) is 1. The van der Waals surface area contributed by atoms with Gasteiger partial charge in [0.2, 0.25) is 0 Å². The van der Waals surface area contributed by atoms with Gasteiger partial charge in [0, 0.05) is 13.1 Å². The number of fused-ring (bicyclic) bond motifs is 1. The smallest absolute Gasteiger partial charge is 0.307 e. The van der Waals surface area contributed by atoms with Crippen molar-refractivity contribution in [2.24, 2.45) is 0 Å². The first kappa shape index (κ1) is 13.4. The Hall–Kier alpha value is -1.59. The third-order valence-electron chi connectivity index (χ3n) is 3.52. The largest absolute Gasteiger partial charge is 0.483 e. The van der Waals surface area contributed by atoms with E-state index < -0.39 is 11.6 Å².